The van der Waals surface area contributed by atoms with Gasteiger partial charge in [0.25, 0.3) is 0 Å². The molecule has 3 heterocycles. The van der Waals surface area contributed by atoms with Crippen LogP contribution in [0.25, 0.3) is 0 Å². The Morgan fingerprint density at radius 3 is 2.36 bits per heavy atom. The maximum Gasteiger partial charge on any atom is 0.411 e. The van der Waals surface area contributed by atoms with E-state index < -0.39 is 5.60 Å². The summed E-state index contributed by atoms with van der Waals surface area (Å²) in [7, 11) is 0. The zero-order chi connectivity index (χ0) is 23.0. The molecule has 1 N–H and O–H groups in total. The van der Waals surface area contributed by atoms with E-state index in [1.165, 1.54) is 0 Å². The zero-order valence-electron chi connectivity index (χ0n) is 19.3. The van der Waals surface area contributed by atoms with Gasteiger partial charge >= 0.3 is 6.09 Å². The van der Waals surface area contributed by atoms with Crippen molar-refractivity contribution >= 4 is 12.0 Å². The minimum Gasteiger partial charge on any atom is -0.441 e. The highest BCUT2D eigenvalue weighted by Gasteiger charge is 2.51. The predicted molar refractivity (Wildman–Crippen MR) is 123 cm³/mol. The number of benzene rings is 1. The topological polar surface area (TPSA) is 84.4 Å². The van der Waals surface area contributed by atoms with Gasteiger partial charge in [0.15, 0.2) is 0 Å². The summed E-state index contributed by atoms with van der Waals surface area (Å²) in [6.07, 6.45) is 7.97. The molecule has 3 fully saturated rings. The quantitative estimate of drug-likeness (QED) is 0.757. The van der Waals surface area contributed by atoms with Gasteiger partial charge in [0.05, 0.1) is 12.0 Å². The van der Waals surface area contributed by atoms with Gasteiger partial charge in [-0.05, 0) is 69.4 Å². The average Bonchev–Trinajstić information content (AvgIpc) is 3.08. The molecule has 2 amide bonds. The number of ether oxygens (including phenoxy) is 1. The van der Waals surface area contributed by atoms with Gasteiger partial charge in [0, 0.05) is 25.0 Å². The molecule has 0 spiro atoms. The molecule has 1 aromatic heterocycles. The standard InChI is InChI=1S/C26H32N4O3/c1-26(2)22(18-7-4-3-5-8-18)30(25(32)33-26)20-11-9-17(10-12-20)19-15-21(24(31)29-16-19)23-27-13-6-14-28-23/h3-8,13-14,17,19-22H,9-12,15-16H2,1-2H3,(H,29,31)/t17?,19?,20?,21?,22-/m0/s1. The molecule has 2 aromatic rings. The molecule has 2 saturated heterocycles. The van der Waals surface area contributed by atoms with Crippen LogP contribution in [-0.4, -0.2) is 45.1 Å². The zero-order valence-corrected chi connectivity index (χ0v) is 19.3. The molecule has 3 aliphatic rings. The molecule has 2 unspecified atom stereocenters. The minimum atomic E-state index is -0.564. The van der Waals surface area contributed by atoms with Gasteiger partial charge in [-0.15, -0.1) is 0 Å². The summed E-state index contributed by atoms with van der Waals surface area (Å²) in [6.45, 7) is 4.72. The molecule has 1 aliphatic carbocycles. The number of amides is 2. The first-order valence-corrected chi connectivity index (χ1v) is 12.0. The Labute approximate surface area is 194 Å². The van der Waals surface area contributed by atoms with E-state index in [1.807, 2.05) is 36.9 Å². The highest BCUT2D eigenvalue weighted by Crippen LogP contribution is 2.46. The van der Waals surface area contributed by atoms with Gasteiger partial charge < -0.3 is 10.1 Å². The number of carbonyl (C=O) groups is 2. The molecule has 1 aromatic carbocycles. The van der Waals surface area contributed by atoms with Crippen LogP contribution >= 0.6 is 0 Å². The second-order valence-corrected chi connectivity index (χ2v) is 10.2. The van der Waals surface area contributed by atoms with Crippen molar-refractivity contribution in [2.75, 3.05) is 6.54 Å². The number of aromatic nitrogens is 2. The van der Waals surface area contributed by atoms with Crippen LogP contribution in [0.4, 0.5) is 4.79 Å². The van der Waals surface area contributed by atoms with Gasteiger partial charge in [-0.2, -0.15) is 0 Å². The van der Waals surface area contributed by atoms with Gasteiger partial charge in [-0.25, -0.2) is 14.8 Å². The fourth-order valence-electron chi connectivity index (χ4n) is 6.10. The van der Waals surface area contributed by atoms with E-state index >= 15 is 0 Å². The van der Waals surface area contributed by atoms with Crippen LogP contribution in [0.5, 0.6) is 0 Å². The van der Waals surface area contributed by atoms with E-state index in [2.05, 4.69) is 27.4 Å². The van der Waals surface area contributed by atoms with E-state index in [1.54, 1.807) is 18.5 Å². The Bertz CT molecular complexity index is 989. The predicted octanol–water partition coefficient (Wildman–Crippen LogP) is 4.23. The maximum atomic E-state index is 12.9. The largest absolute Gasteiger partial charge is 0.441 e. The maximum absolute atomic E-state index is 12.9. The third kappa shape index (κ3) is 4.21. The van der Waals surface area contributed by atoms with Crippen molar-refractivity contribution in [2.45, 2.75) is 69.6 Å². The lowest BCUT2D eigenvalue weighted by atomic mass is 9.72. The second kappa shape index (κ2) is 8.76. The van der Waals surface area contributed by atoms with Gasteiger partial charge in [0.2, 0.25) is 5.91 Å². The molecule has 3 atom stereocenters. The monoisotopic (exact) mass is 448 g/mol. The van der Waals surface area contributed by atoms with E-state index in [4.69, 9.17) is 4.74 Å². The van der Waals surface area contributed by atoms with Crippen LogP contribution in [0.2, 0.25) is 0 Å². The molecular formula is C26H32N4O3. The highest BCUT2D eigenvalue weighted by atomic mass is 16.6. The normalized spacial score (nSPS) is 31.7. The van der Waals surface area contributed by atoms with Crippen LogP contribution < -0.4 is 5.32 Å². The third-order valence-corrected chi connectivity index (χ3v) is 7.71. The van der Waals surface area contributed by atoms with Crippen LogP contribution in [-0.2, 0) is 9.53 Å². The summed E-state index contributed by atoms with van der Waals surface area (Å²) in [4.78, 5) is 36.0. The first kappa shape index (κ1) is 21.9. The lowest BCUT2D eigenvalue weighted by Gasteiger charge is -2.41. The Hall–Kier alpha value is -2.96. The van der Waals surface area contributed by atoms with Crippen LogP contribution in [0.15, 0.2) is 48.8 Å². The van der Waals surface area contributed by atoms with Gasteiger partial charge in [-0.3, -0.25) is 9.69 Å². The number of cyclic esters (lactones) is 1. The summed E-state index contributed by atoms with van der Waals surface area (Å²) in [5.74, 6) is 1.29. The van der Waals surface area contributed by atoms with Crippen molar-refractivity contribution in [3.63, 3.8) is 0 Å². The summed E-state index contributed by atoms with van der Waals surface area (Å²) < 4.78 is 5.83. The van der Waals surface area contributed by atoms with Crippen LogP contribution in [0.3, 0.4) is 0 Å². The van der Waals surface area contributed by atoms with E-state index in [0.29, 0.717) is 24.2 Å². The number of nitrogens with one attached hydrogen (secondary N) is 1. The number of nitrogens with zero attached hydrogens (tertiary/aromatic N) is 3. The first-order valence-electron chi connectivity index (χ1n) is 12.0. The lowest BCUT2D eigenvalue weighted by molar-refractivity contribution is -0.125. The van der Waals surface area contributed by atoms with E-state index in [9.17, 15) is 9.59 Å². The molecule has 1 saturated carbocycles. The fraction of sp³-hybridized carbons (Fsp3) is 0.538. The Morgan fingerprint density at radius 1 is 0.970 bits per heavy atom. The van der Waals surface area contributed by atoms with Gasteiger partial charge in [0.1, 0.15) is 11.4 Å². The summed E-state index contributed by atoms with van der Waals surface area (Å²) in [5, 5.41) is 3.09. The molecule has 33 heavy (non-hydrogen) atoms. The van der Waals surface area contributed by atoms with Crippen molar-refractivity contribution < 1.29 is 14.3 Å². The molecular weight excluding hydrogens is 416 g/mol. The Kier molecular flexibility index (Phi) is 5.81. The summed E-state index contributed by atoms with van der Waals surface area (Å²) in [5.41, 5.74) is 0.558. The minimum absolute atomic E-state index is 0.0267. The number of rotatable bonds is 4. The van der Waals surface area contributed by atoms with Crippen LogP contribution in [0.1, 0.15) is 69.3 Å². The van der Waals surface area contributed by atoms with Gasteiger partial charge in [-0.1, -0.05) is 30.3 Å². The smallest absolute Gasteiger partial charge is 0.411 e. The van der Waals surface area contributed by atoms with Crippen molar-refractivity contribution in [2.24, 2.45) is 11.8 Å². The highest BCUT2D eigenvalue weighted by molar-refractivity contribution is 5.83. The molecule has 174 valence electrons. The molecule has 7 heteroatoms. The fourth-order valence-corrected chi connectivity index (χ4v) is 6.10. The average molecular weight is 449 g/mol. The number of hydrogen-bond donors (Lipinski definition) is 1. The SMILES string of the molecule is CC1(C)OC(=O)N(C2CCC(C3CNC(=O)C(c4ncccn4)C3)CC2)[C@H]1c1ccccc1. The van der Waals surface area contributed by atoms with E-state index in [-0.39, 0.29) is 30.0 Å². The lowest BCUT2D eigenvalue weighted by Crippen LogP contribution is -2.46. The Morgan fingerprint density at radius 2 is 1.67 bits per heavy atom. The molecule has 7 nitrogen and oxygen atoms in total. The molecule has 5 rings (SSSR count). The number of hydrogen-bond acceptors (Lipinski definition) is 5. The van der Waals surface area contributed by atoms with Crippen molar-refractivity contribution in [1.82, 2.24) is 20.2 Å². The summed E-state index contributed by atoms with van der Waals surface area (Å²) in [6, 6.07) is 12.1. The molecule has 0 radical (unpaired) electrons. The van der Waals surface area contributed by atoms with E-state index in [0.717, 1.165) is 37.7 Å². The number of piperidine rings is 1. The number of carbonyl (C=O) groups excluding carboxylic acids is 2. The molecule has 0 bridgehead atoms. The van der Waals surface area contributed by atoms with Crippen molar-refractivity contribution in [3.05, 3.63) is 60.2 Å². The summed E-state index contributed by atoms with van der Waals surface area (Å²) >= 11 is 0. The van der Waals surface area contributed by atoms with Crippen molar-refractivity contribution in [3.8, 4) is 0 Å². The second-order valence-electron chi connectivity index (χ2n) is 10.2. The Balaban J connectivity index is 1.27. The third-order valence-electron chi connectivity index (χ3n) is 7.71. The first-order chi connectivity index (χ1) is 15.9. The van der Waals surface area contributed by atoms with Crippen LogP contribution in [0, 0.1) is 11.8 Å². The van der Waals surface area contributed by atoms with Crippen molar-refractivity contribution in [1.29, 1.82) is 0 Å². The molecule has 2 aliphatic heterocycles.